The smallest absolute Gasteiger partial charge is 0.248 e. The molecule has 3 N–H and O–H groups in total. The number of nitrogens with one attached hydrogen (secondary N) is 1. The highest BCUT2D eigenvalue weighted by Crippen LogP contribution is 2.59. The normalized spacial score (nSPS) is 24.6. The first-order chi connectivity index (χ1) is 11.6. The minimum Gasteiger partial charge on any atom is -0.366 e. The lowest BCUT2D eigenvalue weighted by Gasteiger charge is -2.27. The van der Waals surface area contributed by atoms with Crippen molar-refractivity contribution in [1.82, 2.24) is 10.2 Å². The summed E-state index contributed by atoms with van der Waals surface area (Å²) in [5, 5.41) is 3.40. The molecule has 1 heterocycles. The summed E-state index contributed by atoms with van der Waals surface area (Å²) in [6.07, 6.45) is 5.57. The summed E-state index contributed by atoms with van der Waals surface area (Å²) in [6, 6.07) is 7.73. The van der Waals surface area contributed by atoms with Gasteiger partial charge in [-0.25, -0.2) is 0 Å². The van der Waals surface area contributed by atoms with Gasteiger partial charge in [0.1, 0.15) is 0 Å². The molecule has 5 heteroatoms. The summed E-state index contributed by atoms with van der Waals surface area (Å²) >= 11 is 0. The Morgan fingerprint density at radius 3 is 2.42 bits per heavy atom. The second-order valence-electron chi connectivity index (χ2n) is 7.63. The molecular weight excluding hydrogens is 302 g/mol. The third-order valence-corrected chi connectivity index (χ3v) is 5.95. The molecule has 1 aliphatic heterocycles. The fraction of sp³-hybridized carbons (Fsp3) is 0.579. The van der Waals surface area contributed by atoms with Crippen LogP contribution in [0.3, 0.4) is 0 Å². The van der Waals surface area contributed by atoms with Crippen LogP contribution in [0.15, 0.2) is 24.3 Å². The van der Waals surface area contributed by atoms with Crippen molar-refractivity contribution < 1.29 is 9.59 Å². The van der Waals surface area contributed by atoms with E-state index in [0.29, 0.717) is 24.1 Å². The number of hydrogen-bond donors (Lipinski definition) is 2. The summed E-state index contributed by atoms with van der Waals surface area (Å²) in [7, 11) is 0. The average molecular weight is 327 g/mol. The van der Waals surface area contributed by atoms with Crippen LogP contribution in [0.1, 0.15) is 48.0 Å². The highest BCUT2D eigenvalue weighted by molar-refractivity contribution is 5.92. The third kappa shape index (κ3) is 2.93. The van der Waals surface area contributed by atoms with Crippen LogP contribution in [0.5, 0.6) is 0 Å². The standard InChI is InChI=1S/C19H25N3O2/c20-17(23)14-3-1-13(2-4-14)12-22(15-5-6-15)18(24)16-11-19(16)7-9-21-10-8-19/h1-4,15-16,21H,5-12H2,(H2,20,23). The molecule has 1 aromatic carbocycles. The van der Waals surface area contributed by atoms with Crippen LogP contribution in [0, 0.1) is 11.3 Å². The zero-order valence-electron chi connectivity index (χ0n) is 14.0. The van der Waals surface area contributed by atoms with E-state index < -0.39 is 5.91 Å². The van der Waals surface area contributed by atoms with Crippen molar-refractivity contribution in [3.05, 3.63) is 35.4 Å². The van der Waals surface area contributed by atoms with Gasteiger partial charge in [-0.1, -0.05) is 12.1 Å². The second kappa shape index (κ2) is 5.88. The highest BCUT2D eigenvalue weighted by atomic mass is 16.2. The predicted octanol–water partition coefficient (Wildman–Crippen LogP) is 1.67. The second-order valence-corrected chi connectivity index (χ2v) is 7.63. The largest absolute Gasteiger partial charge is 0.366 e. The Kier molecular flexibility index (Phi) is 3.83. The highest BCUT2D eigenvalue weighted by Gasteiger charge is 2.59. The Bertz CT molecular complexity index is 645. The molecule has 0 radical (unpaired) electrons. The Labute approximate surface area is 142 Å². The maximum Gasteiger partial charge on any atom is 0.248 e. The number of nitrogens with two attached hydrogens (primary N) is 1. The van der Waals surface area contributed by atoms with E-state index in [1.54, 1.807) is 12.1 Å². The summed E-state index contributed by atoms with van der Waals surface area (Å²) in [4.78, 5) is 26.3. The van der Waals surface area contributed by atoms with Gasteiger partial charge in [0.15, 0.2) is 0 Å². The van der Waals surface area contributed by atoms with Gasteiger partial charge >= 0.3 is 0 Å². The van der Waals surface area contributed by atoms with Gasteiger partial charge in [-0.3, -0.25) is 9.59 Å². The first-order valence-electron chi connectivity index (χ1n) is 8.99. The van der Waals surface area contributed by atoms with E-state index in [2.05, 4.69) is 10.2 Å². The molecule has 1 spiro atoms. The molecule has 128 valence electrons. The van der Waals surface area contributed by atoms with E-state index in [9.17, 15) is 9.59 Å². The number of carbonyl (C=O) groups is 2. The van der Waals surface area contributed by atoms with Gasteiger partial charge in [-0.15, -0.1) is 0 Å². The van der Waals surface area contributed by atoms with E-state index in [1.807, 2.05) is 12.1 Å². The molecule has 1 saturated heterocycles. The summed E-state index contributed by atoms with van der Waals surface area (Å²) in [5.74, 6) is 0.158. The quantitative estimate of drug-likeness (QED) is 0.864. The Hall–Kier alpha value is -1.88. The first-order valence-corrected chi connectivity index (χ1v) is 8.99. The van der Waals surface area contributed by atoms with Gasteiger partial charge in [0.2, 0.25) is 11.8 Å². The summed E-state index contributed by atoms with van der Waals surface area (Å²) < 4.78 is 0. The molecule has 0 bridgehead atoms. The van der Waals surface area contributed by atoms with E-state index in [-0.39, 0.29) is 11.3 Å². The van der Waals surface area contributed by atoms with Gasteiger partial charge in [0, 0.05) is 24.1 Å². The van der Waals surface area contributed by atoms with Crippen molar-refractivity contribution in [2.24, 2.45) is 17.1 Å². The van der Waals surface area contributed by atoms with E-state index >= 15 is 0 Å². The number of hydrogen-bond acceptors (Lipinski definition) is 3. The summed E-state index contributed by atoms with van der Waals surface area (Å²) in [6.45, 7) is 2.73. The molecule has 24 heavy (non-hydrogen) atoms. The predicted molar refractivity (Wildman–Crippen MR) is 91.2 cm³/mol. The van der Waals surface area contributed by atoms with Crippen molar-refractivity contribution in [3.8, 4) is 0 Å². The number of benzene rings is 1. The van der Waals surface area contributed by atoms with Gasteiger partial charge in [-0.05, 0) is 68.3 Å². The van der Waals surface area contributed by atoms with E-state index in [4.69, 9.17) is 5.73 Å². The van der Waals surface area contributed by atoms with Crippen LogP contribution in [-0.4, -0.2) is 35.8 Å². The maximum atomic E-state index is 13.1. The van der Waals surface area contributed by atoms with Crippen LogP contribution in [0.2, 0.25) is 0 Å². The SMILES string of the molecule is NC(=O)c1ccc(CN(C(=O)C2CC23CCNCC3)C2CC2)cc1. The molecule has 0 aromatic heterocycles. The van der Waals surface area contributed by atoms with Crippen LogP contribution in [-0.2, 0) is 11.3 Å². The number of primary amides is 1. The average Bonchev–Trinajstić information content (AvgIpc) is 3.50. The van der Waals surface area contributed by atoms with Crippen molar-refractivity contribution >= 4 is 11.8 Å². The molecule has 5 nitrogen and oxygen atoms in total. The van der Waals surface area contributed by atoms with Crippen molar-refractivity contribution in [2.45, 2.75) is 44.7 Å². The molecular formula is C19H25N3O2. The molecule has 2 amide bonds. The van der Waals surface area contributed by atoms with E-state index in [0.717, 1.165) is 50.8 Å². The van der Waals surface area contributed by atoms with Gasteiger partial charge < -0.3 is 16.0 Å². The van der Waals surface area contributed by atoms with Crippen molar-refractivity contribution in [1.29, 1.82) is 0 Å². The first kappa shape index (κ1) is 15.6. The lowest BCUT2D eigenvalue weighted by atomic mass is 9.91. The van der Waals surface area contributed by atoms with Crippen LogP contribution in [0.25, 0.3) is 0 Å². The van der Waals surface area contributed by atoms with Crippen molar-refractivity contribution in [2.75, 3.05) is 13.1 Å². The van der Waals surface area contributed by atoms with Gasteiger partial charge in [-0.2, -0.15) is 0 Å². The molecule has 1 atom stereocenters. The minimum absolute atomic E-state index is 0.227. The molecule has 1 unspecified atom stereocenters. The number of nitrogens with zero attached hydrogens (tertiary/aromatic N) is 1. The lowest BCUT2D eigenvalue weighted by Crippen LogP contribution is -2.37. The fourth-order valence-corrected chi connectivity index (χ4v) is 4.12. The molecule has 3 fully saturated rings. The number of amides is 2. The molecule has 4 rings (SSSR count). The minimum atomic E-state index is -0.414. The van der Waals surface area contributed by atoms with E-state index in [1.165, 1.54) is 0 Å². The zero-order chi connectivity index (χ0) is 16.7. The number of piperidine rings is 1. The maximum absolute atomic E-state index is 13.1. The van der Waals surface area contributed by atoms with Crippen LogP contribution in [0.4, 0.5) is 0 Å². The Morgan fingerprint density at radius 1 is 1.17 bits per heavy atom. The topological polar surface area (TPSA) is 75.4 Å². The molecule has 1 aromatic rings. The van der Waals surface area contributed by atoms with Gasteiger partial charge in [0.25, 0.3) is 0 Å². The lowest BCUT2D eigenvalue weighted by molar-refractivity contribution is -0.134. The third-order valence-electron chi connectivity index (χ3n) is 5.95. The van der Waals surface area contributed by atoms with Crippen LogP contribution >= 0.6 is 0 Å². The number of rotatable bonds is 5. The Morgan fingerprint density at radius 2 is 1.83 bits per heavy atom. The monoisotopic (exact) mass is 327 g/mol. The van der Waals surface area contributed by atoms with Gasteiger partial charge in [0.05, 0.1) is 0 Å². The summed E-state index contributed by atoms with van der Waals surface area (Å²) in [5.41, 5.74) is 7.16. The fourth-order valence-electron chi connectivity index (χ4n) is 4.12. The molecule has 3 aliphatic rings. The van der Waals surface area contributed by atoms with Crippen molar-refractivity contribution in [3.63, 3.8) is 0 Å². The Balaban J connectivity index is 1.45. The molecule has 2 saturated carbocycles. The zero-order valence-corrected chi connectivity index (χ0v) is 14.0. The van der Waals surface area contributed by atoms with Crippen LogP contribution < -0.4 is 11.1 Å². The number of carbonyl (C=O) groups excluding carboxylic acids is 2. The molecule has 2 aliphatic carbocycles.